The van der Waals surface area contributed by atoms with E-state index in [1.807, 2.05) is 0 Å². The van der Waals surface area contributed by atoms with Crippen LogP contribution < -0.4 is 5.32 Å². The second-order valence-corrected chi connectivity index (χ2v) is 6.55. The van der Waals surface area contributed by atoms with Gasteiger partial charge in [0.05, 0.1) is 0 Å². The van der Waals surface area contributed by atoms with Crippen molar-refractivity contribution in [2.24, 2.45) is 11.8 Å². The van der Waals surface area contributed by atoms with E-state index in [1.54, 1.807) is 0 Å². The van der Waals surface area contributed by atoms with Crippen LogP contribution >= 0.6 is 0 Å². The molecule has 1 heterocycles. The lowest BCUT2D eigenvalue weighted by Crippen LogP contribution is -2.60. The van der Waals surface area contributed by atoms with Gasteiger partial charge in [0.1, 0.15) is 0 Å². The van der Waals surface area contributed by atoms with Crippen molar-refractivity contribution in [1.82, 2.24) is 10.2 Å². The fourth-order valence-electron chi connectivity index (χ4n) is 3.23. The molecule has 100 valence electrons. The van der Waals surface area contributed by atoms with Crippen molar-refractivity contribution < 1.29 is 0 Å². The van der Waals surface area contributed by atoms with Crippen molar-refractivity contribution in [1.29, 1.82) is 0 Å². The van der Waals surface area contributed by atoms with Crippen LogP contribution in [0.3, 0.4) is 0 Å². The summed E-state index contributed by atoms with van der Waals surface area (Å²) in [5.74, 6) is 1.81. The molecule has 0 aromatic rings. The number of piperazine rings is 1. The first-order valence-corrected chi connectivity index (χ1v) is 7.61. The molecule has 2 fully saturated rings. The van der Waals surface area contributed by atoms with E-state index in [-0.39, 0.29) is 0 Å². The zero-order valence-corrected chi connectivity index (χ0v) is 12.1. The predicted octanol–water partition coefficient (Wildman–Crippen LogP) is 2.88. The van der Waals surface area contributed by atoms with Crippen molar-refractivity contribution in [2.75, 3.05) is 13.1 Å². The highest BCUT2D eigenvalue weighted by molar-refractivity contribution is 4.91. The normalized spacial score (nSPS) is 33.0. The highest BCUT2D eigenvalue weighted by Crippen LogP contribution is 2.35. The number of hydrogen-bond donors (Lipinski definition) is 1. The maximum atomic E-state index is 3.71. The molecule has 1 aliphatic carbocycles. The van der Waals surface area contributed by atoms with Crippen LogP contribution in [-0.4, -0.2) is 36.1 Å². The van der Waals surface area contributed by atoms with Crippen molar-refractivity contribution in [3.8, 4) is 0 Å². The number of hydrogen-bond acceptors (Lipinski definition) is 2. The third-order valence-corrected chi connectivity index (χ3v) is 4.67. The van der Waals surface area contributed by atoms with Gasteiger partial charge in [-0.3, -0.25) is 4.90 Å². The first-order chi connectivity index (χ1) is 8.11. The van der Waals surface area contributed by atoms with Crippen LogP contribution in [0, 0.1) is 11.8 Å². The van der Waals surface area contributed by atoms with Gasteiger partial charge < -0.3 is 5.32 Å². The lowest BCUT2D eigenvalue weighted by atomic mass is 9.94. The number of nitrogens with one attached hydrogen (secondary N) is 1. The van der Waals surface area contributed by atoms with Crippen LogP contribution in [0.4, 0.5) is 0 Å². The molecule has 1 saturated heterocycles. The molecule has 0 aromatic heterocycles. The average molecular weight is 238 g/mol. The van der Waals surface area contributed by atoms with E-state index < -0.39 is 0 Å². The molecule has 0 amide bonds. The van der Waals surface area contributed by atoms with Gasteiger partial charge in [-0.15, -0.1) is 0 Å². The third-order valence-electron chi connectivity index (χ3n) is 4.67. The molecule has 0 spiro atoms. The molecule has 1 aliphatic heterocycles. The molecule has 0 bridgehead atoms. The Hall–Kier alpha value is -0.0800. The van der Waals surface area contributed by atoms with Gasteiger partial charge in [-0.25, -0.2) is 0 Å². The summed E-state index contributed by atoms with van der Waals surface area (Å²) < 4.78 is 0. The Morgan fingerprint density at radius 1 is 1.24 bits per heavy atom. The van der Waals surface area contributed by atoms with Crippen molar-refractivity contribution >= 4 is 0 Å². The first kappa shape index (κ1) is 13.4. The molecule has 2 heteroatoms. The topological polar surface area (TPSA) is 15.3 Å². The molecular formula is C15H30N2. The second kappa shape index (κ2) is 5.71. The quantitative estimate of drug-likeness (QED) is 0.792. The summed E-state index contributed by atoms with van der Waals surface area (Å²) in [5, 5.41) is 3.71. The Labute approximate surface area is 107 Å². The molecule has 3 atom stereocenters. The lowest BCUT2D eigenvalue weighted by Gasteiger charge is -2.45. The molecule has 1 N–H and O–H groups in total. The second-order valence-electron chi connectivity index (χ2n) is 6.55. The summed E-state index contributed by atoms with van der Waals surface area (Å²) in [6.45, 7) is 11.9. The molecule has 17 heavy (non-hydrogen) atoms. The highest BCUT2D eigenvalue weighted by atomic mass is 15.3. The Balaban J connectivity index is 1.95. The molecule has 3 unspecified atom stereocenters. The van der Waals surface area contributed by atoms with Gasteiger partial charge in [0.15, 0.2) is 0 Å². The SMILES string of the molecule is CCC1CN(C(C)CC2CC2)C(C(C)C)CN1. The summed E-state index contributed by atoms with van der Waals surface area (Å²) in [6.07, 6.45) is 5.66. The van der Waals surface area contributed by atoms with Gasteiger partial charge in [0, 0.05) is 31.2 Å². The molecule has 0 aromatic carbocycles. The van der Waals surface area contributed by atoms with Crippen LogP contribution in [0.15, 0.2) is 0 Å². The zero-order valence-electron chi connectivity index (χ0n) is 12.1. The Bertz CT molecular complexity index is 235. The van der Waals surface area contributed by atoms with Gasteiger partial charge in [-0.2, -0.15) is 0 Å². The maximum Gasteiger partial charge on any atom is 0.0247 e. The van der Waals surface area contributed by atoms with Gasteiger partial charge >= 0.3 is 0 Å². The van der Waals surface area contributed by atoms with Crippen LogP contribution in [-0.2, 0) is 0 Å². The van der Waals surface area contributed by atoms with Crippen LogP contribution in [0.1, 0.15) is 53.4 Å². The lowest BCUT2D eigenvalue weighted by molar-refractivity contribution is 0.0558. The largest absolute Gasteiger partial charge is 0.311 e. The Morgan fingerprint density at radius 2 is 1.94 bits per heavy atom. The maximum absolute atomic E-state index is 3.71. The van der Waals surface area contributed by atoms with Gasteiger partial charge in [-0.1, -0.05) is 33.6 Å². The Kier molecular flexibility index (Phi) is 4.48. The minimum atomic E-state index is 0.714. The summed E-state index contributed by atoms with van der Waals surface area (Å²) in [7, 11) is 0. The standard InChI is InChI=1S/C15H30N2/c1-5-14-10-17(12(4)8-13-6-7-13)15(9-16-14)11(2)3/h11-16H,5-10H2,1-4H3. The fraction of sp³-hybridized carbons (Fsp3) is 1.00. The van der Waals surface area contributed by atoms with E-state index in [1.165, 1.54) is 38.8 Å². The van der Waals surface area contributed by atoms with Crippen LogP contribution in [0.5, 0.6) is 0 Å². The predicted molar refractivity (Wildman–Crippen MR) is 74.2 cm³/mol. The van der Waals surface area contributed by atoms with Gasteiger partial charge in [0.2, 0.25) is 0 Å². The summed E-state index contributed by atoms with van der Waals surface area (Å²) >= 11 is 0. The smallest absolute Gasteiger partial charge is 0.0247 e. The minimum absolute atomic E-state index is 0.714. The summed E-state index contributed by atoms with van der Waals surface area (Å²) in [4.78, 5) is 2.80. The monoisotopic (exact) mass is 238 g/mol. The molecule has 2 nitrogen and oxygen atoms in total. The van der Waals surface area contributed by atoms with Gasteiger partial charge in [-0.05, 0) is 31.6 Å². The summed E-state index contributed by atoms with van der Waals surface area (Å²) in [6, 6.07) is 2.24. The van der Waals surface area contributed by atoms with Crippen LogP contribution in [0.2, 0.25) is 0 Å². The molecular weight excluding hydrogens is 208 g/mol. The summed E-state index contributed by atoms with van der Waals surface area (Å²) in [5.41, 5.74) is 0. The van der Waals surface area contributed by atoms with Gasteiger partial charge in [0.25, 0.3) is 0 Å². The first-order valence-electron chi connectivity index (χ1n) is 7.61. The van der Waals surface area contributed by atoms with E-state index in [2.05, 4.69) is 37.9 Å². The number of rotatable bonds is 5. The van der Waals surface area contributed by atoms with E-state index in [9.17, 15) is 0 Å². The van der Waals surface area contributed by atoms with Crippen molar-refractivity contribution in [3.63, 3.8) is 0 Å². The fourth-order valence-corrected chi connectivity index (χ4v) is 3.23. The van der Waals surface area contributed by atoms with E-state index in [0.717, 1.165) is 23.9 Å². The zero-order chi connectivity index (χ0) is 12.4. The molecule has 1 saturated carbocycles. The Morgan fingerprint density at radius 3 is 2.47 bits per heavy atom. The number of nitrogens with zero attached hydrogens (tertiary/aromatic N) is 1. The van der Waals surface area contributed by atoms with E-state index in [4.69, 9.17) is 0 Å². The third kappa shape index (κ3) is 3.45. The average Bonchev–Trinajstić information content (AvgIpc) is 3.11. The molecule has 2 aliphatic rings. The molecule has 2 rings (SSSR count). The van der Waals surface area contributed by atoms with E-state index >= 15 is 0 Å². The van der Waals surface area contributed by atoms with E-state index in [0.29, 0.717) is 6.04 Å². The van der Waals surface area contributed by atoms with Crippen LogP contribution in [0.25, 0.3) is 0 Å². The highest BCUT2D eigenvalue weighted by Gasteiger charge is 2.34. The van der Waals surface area contributed by atoms with Crippen molar-refractivity contribution in [2.45, 2.75) is 71.5 Å². The minimum Gasteiger partial charge on any atom is -0.311 e. The van der Waals surface area contributed by atoms with Crippen molar-refractivity contribution in [3.05, 3.63) is 0 Å². The molecule has 0 radical (unpaired) electrons.